The van der Waals surface area contributed by atoms with E-state index in [4.69, 9.17) is 5.11 Å². The van der Waals surface area contributed by atoms with Crippen molar-refractivity contribution in [2.45, 2.75) is 19.8 Å². The first-order valence-electron chi connectivity index (χ1n) is 3.25. The molecule has 1 heterocycles. The predicted molar refractivity (Wildman–Crippen MR) is 42.9 cm³/mol. The molecule has 4 heteroatoms. The molecule has 0 spiro atoms. The van der Waals surface area contributed by atoms with Crippen LogP contribution in [0.5, 0.6) is 0 Å². The Morgan fingerprint density at radius 3 is 2.82 bits per heavy atom. The lowest BCUT2D eigenvalue weighted by molar-refractivity contribution is -0.138. The van der Waals surface area contributed by atoms with Crippen LogP contribution in [-0.2, 0) is 4.79 Å². The topological polar surface area (TPSA) is 50.2 Å². The number of hydrogen-bond acceptors (Lipinski definition) is 3. The summed E-state index contributed by atoms with van der Waals surface area (Å²) in [5.74, 6) is -1.31. The van der Waals surface area contributed by atoms with Gasteiger partial charge in [-0.15, -0.1) is 11.3 Å². The maximum Gasteiger partial charge on any atom is 0.312 e. The Morgan fingerprint density at radius 1 is 1.82 bits per heavy atom. The molecule has 0 saturated carbocycles. The summed E-state index contributed by atoms with van der Waals surface area (Å²) in [7, 11) is 0. The third-order valence-electron chi connectivity index (χ3n) is 1.56. The van der Waals surface area contributed by atoms with Crippen molar-refractivity contribution in [2.24, 2.45) is 0 Å². The average Bonchev–Trinajstić information content (AvgIpc) is 2.33. The fourth-order valence-corrected chi connectivity index (χ4v) is 1.52. The normalized spacial score (nSPS) is 12.9. The highest BCUT2D eigenvalue weighted by Crippen LogP contribution is 2.20. The molecular weight excluding hydrogens is 162 g/mol. The number of hydrogen-bond donors (Lipinski definition) is 1. The van der Waals surface area contributed by atoms with Crippen LogP contribution in [0.3, 0.4) is 0 Å². The van der Waals surface area contributed by atoms with Crippen molar-refractivity contribution < 1.29 is 9.90 Å². The number of nitrogens with zero attached hydrogens (tertiary/aromatic N) is 1. The smallest absolute Gasteiger partial charge is 0.312 e. The van der Waals surface area contributed by atoms with Gasteiger partial charge in [0.25, 0.3) is 0 Å². The second-order valence-corrected chi connectivity index (χ2v) is 3.41. The lowest BCUT2D eigenvalue weighted by Crippen LogP contribution is -2.08. The molecule has 1 atom stereocenters. The summed E-state index contributed by atoms with van der Waals surface area (Å²) < 4.78 is 0. The highest BCUT2D eigenvalue weighted by molar-refractivity contribution is 7.09. The SMILES string of the molecule is Cc1scnc1C(C)C(=O)O. The second-order valence-electron chi connectivity index (χ2n) is 2.35. The van der Waals surface area contributed by atoms with E-state index >= 15 is 0 Å². The van der Waals surface area contributed by atoms with Crippen LogP contribution in [0.1, 0.15) is 23.4 Å². The van der Waals surface area contributed by atoms with Crippen LogP contribution in [0.2, 0.25) is 0 Å². The van der Waals surface area contributed by atoms with E-state index in [0.29, 0.717) is 5.69 Å². The summed E-state index contributed by atoms with van der Waals surface area (Å²) in [5, 5.41) is 8.64. The van der Waals surface area contributed by atoms with Crippen molar-refractivity contribution >= 4 is 17.3 Å². The van der Waals surface area contributed by atoms with Gasteiger partial charge in [-0.25, -0.2) is 4.98 Å². The van der Waals surface area contributed by atoms with Crippen LogP contribution in [0.4, 0.5) is 0 Å². The maximum absolute atomic E-state index is 10.5. The van der Waals surface area contributed by atoms with Gasteiger partial charge in [0.1, 0.15) is 0 Å². The van der Waals surface area contributed by atoms with E-state index in [1.807, 2.05) is 6.92 Å². The highest BCUT2D eigenvalue weighted by Gasteiger charge is 2.17. The Balaban J connectivity index is 2.92. The fourth-order valence-electron chi connectivity index (χ4n) is 0.847. The summed E-state index contributed by atoms with van der Waals surface area (Å²) in [4.78, 5) is 15.5. The first-order valence-corrected chi connectivity index (χ1v) is 4.13. The molecule has 3 nitrogen and oxygen atoms in total. The van der Waals surface area contributed by atoms with Crippen LogP contribution < -0.4 is 0 Å². The van der Waals surface area contributed by atoms with Crippen molar-refractivity contribution in [1.29, 1.82) is 0 Å². The van der Waals surface area contributed by atoms with E-state index in [9.17, 15) is 4.79 Å². The number of carboxylic acid groups (broad SMARTS) is 1. The third kappa shape index (κ3) is 1.57. The molecule has 1 rings (SSSR count). The first kappa shape index (κ1) is 8.20. The molecule has 1 aromatic heterocycles. The Bertz CT molecular complexity index is 269. The zero-order valence-corrected chi connectivity index (χ0v) is 7.18. The molecule has 1 N–H and O–H groups in total. The summed E-state index contributed by atoms with van der Waals surface area (Å²) in [5.41, 5.74) is 2.35. The van der Waals surface area contributed by atoms with E-state index < -0.39 is 11.9 Å². The van der Waals surface area contributed by atoms with Crippen molar-refractivity contribution in [3.63, 3.8) is 0 Å². The molecule has 1 aromatic rings. The van der Waals surface area contributed by atoms with Gasteiger partial charge in [-0.2, -0.15) is 0 Å². The minimum Gasteiger partial charge on any atom is -0.481 e. The minimum absolute atomic E-state index is 0.485. The van der Waals surface area contributed by atoms with E-state index in [2.05, 4.69) is 4.98 Å². The molecular formula is C7H9NO2S. The lowest BCUT2D eigenvalue weighted by Gasteiger charge is -2.01. The van der Waals surface area contributed by atoms with Crippen LogP contribution in [0.15, 0.2) is 5.51 Å². The predicted octanol–water partition coefficient (Wildman–Crippen LogP) is 1.64. The van der Waals surface area contributed by atoms with Crippen LogP contribution in [0.25, 0.3) is 0 Å². The Hall–Kier alpha value is -0.900. The summed E-state index contributed by atoms with van der Waals surface area (Å²) >= 11 is 1.48. The molecule has 1 unspecified atom stereocenters. The minimum atomic E-state index is -0.820. The molecule has 0 saturated heterocycles. The molecule has 0 aliphatic rings. The molecule has 0 aromatic carbocycles. The van der Waals surface area contributed by atoms with Gasteiger partial charge in [0.05, 0.1) is 17.1 Å². The van der Waals surface area contributed by atoms with Crippen LogP contribution in [-0.4, -0.2) is 16.1 Å². The Kier molecular flexibility index (Phi) is 2.24. The first-order chi connectivity index (χ1) is 5.13. The summed E-state index contributed by atoms with van der Waals surface area (Å²) in [6, 6.07) is 0. The van der Waals surface area contributed by atoms with Gasteiger partial charge >= 0.3 is 5.97 Å². The summed E-state index contributed by atoms with van der Waals surface area (Å²) in [6.45, 7) is 3.52. The molecule has 0 aliphatic carbocycles. The third-order valence-corrected chi connectivity index (χ3v) is 2.34. The molecule has 60 valence electrons. The standard InChI is InChI=1S/C7H9NO2S/c1-4(7(9)10)6-5(2)11-3-8-6/h3-4H,1-2H3,(H,9,10). The van der Waals surface area contributed by atoms with Gasteiger partial charge in [0, 0.05) is 4.88 Å². The molecule has 11 heavy (non-hydrogen) atoms. The van der Waals surface area contributed by atoms with Crippen molar-refractivity contribution in [3.05, 3.63) is 16.1 Å². The number of carboxylic acids is 1. The van der Waals surface area contributed by atoms with Crippen molar-refractivity contribution in [3.8, 4) is 0 Å². The largest absolute Gasteiger partial charge is 0.481 e. The molecule has 0 radical (unpaired) electrons. The van der Waals surface area contributed by atoms with Gasteiger partial charge in [0.2, 0.25) is 0 Å². The summed E-state index contributed by atoms with van der Waals surface area (Å²) in [6.07, 6.45) is 0. The molecule has 0 amide bonds. The highest BCUT2D eigenvalue weighted by atomic mass is 32.1. The van der Waals surface area contributed by atoms with E-state index in [1.54, 1.807) is 12.4 Å². The van der Waals surface area contributed by atoms with Crippen LogP contribution in [0, 0.1) is 6.92 Å². The Labute approximate surface area is 68.7 Å². The molecule has 0 aliphatic heterocycles. The zero-order chi connectivity index (χ0) is 8.43. The van der Waals surface area contributed by atoms with Crippen molar-refractivity contribution in [1.82, 2.24) is 4.98 Å². The number of thiazole rings is 1. The van der Waals surface area contributed by atoms with Crippen LogP contribution >= 0.6 is 11.3 Å². The van der Waals surface area contributed by atoms with Gasteiger partial charge in [-0.1, -0.05) is 0 Å². The van der Waals surface area contributed by atoms with E-state index in [0.717, 1.165) is 4.88 Å². The van der Waals surface area contributed by atoms with Gasteiger partial charge in [-0.3, -0.25) is 4.79 Å². The van der Waals surface area contributed by atoms with E-state index in [-0.39, 0.29) is 0 Å². The van der Waals surface area contributed by atoms with Crippen molar-refractivity contribution in [2.75, 3.05) is 0 Å². The monoisotopic (exact) mass is 171 g/mol. The number of aliphatic carboxylic acids is 1. The van der Waals surface area contributed by atoms with Gasteiger partial charge in [0.15, 0.2) is 0 Å². The second kappa shape index (κ2) is 3.00. The number of rotatable bonds is 2. The quantitative estimate of drug-likeness (QED) is 0.735. The fraction of sp³-hybridized carbons (Fsp3) is 0.429. The van der Waals surface area contributed by atoms with Gasteiger partial charge in [-0.05, 0) is 13.8 Å². The molecule has 0 bridgehead atoms. The van der Waals surface area contributed by atoms with E-state index in [1.165, 1.54) is 11.3 Å². The maximum atomic E-state index is 10.5. The zero-order valence-electron chi connectivity index (χ0n) is 6.37. The number of aromatic nitrogens is 1. The number of carbonyl (C=O) groups is 1. The van der Waals surface area contributed by atoms with Gasteiger partial charge < -0.3 is 5.11 Å². The lowest BCUT2D eigenvalue weighted by atomic mass is 10.1. The number of aryl methyl sites for hydroxylation is 1. The Morgan fingerprint density at radius 2 is 2.45 bits per heavy atom. The molecule has 0 fully saturated rings. The average molecular weight is 171 g/mol.